The summed E-state index contributed by atoms with van der Waals surface area (Å²) in [5.74, 6) is -1.59. The van der Waals surface area contributed by atoms with Crippen LogP contribution in [-0.2, 0) is 0 Å². The molecule has 1 fully saturated rings. The Kier molecular flexibility index (Phi) is 4.61. The molecule has 1 saturated carbocycles. The Balaban J connectivity index is 2.19. The predicted molar refractivity (Wildman–Crippen MR) is 76.0 cm³/mol. The van der Waals surface area contributed by atoms with Crippen LogP contribution in [0.4, 0.5) is 8.78 Å². The highest BCUT2D eigenvalue weighted by Crippen LogP contribution is 2.32. The number of carbonyl (C=O) groups is 1. The topological polar surface area (TPSA) is 49.3 Å². The van der Waals surface area contributed by atoms with E-state index in [1.165, 1.54) is 13.0 Å². The summed E-state index contributed by atoms with van der Waals surface area (Å²) >= 11 is 0. The zero-order chi connectivity index (χ0) is 15.6. The fourth-order valence-corrected chi connectivity index (χ4v) is 2.78. The standard InChI is InChI=1S/C16H21F2NO2/c1-10-3-5-16(9-20,6-4-10)19-15(21)12-7-11(2)13(17)8-14(12)18/h7-8,10,20H,3-6,9H2,1-2H3,(H,19,21). The van der Waals surface area contributed by atoms with Crippen molar-refractivity contribution in [2.24, 2.45) is 5.92 Å². The third-order valence-electron chi connectivity index (χ3n) is 4.41. The smallest absolute Gasteiger partial charge is 0.254 e. The van der Waals surface area contributed by atoms with Crippen LogP contribution in [0.5, 0.6) is 0 Å². The molecule has 21 heavy (non-hydrogen) atoms. The van der Waals surface area contributed by atoms with Gasteiger partial charge in [-0.25, -0.2) is 8.78 Å². The number of carbonyl (C=O) groups excluding carboxylic acids is 1. The molecule has 116 valence electrons. The molecule has 0 atom stereocenters. The molecule has 2 N–H and O–H groups in total. The third-order valence-corrected chi connectivity index (χ3v) is 4.41. The van der Waals surface area contributed by atoms with Crippen LogP contribution in [0.3, 0.4) is 0 Å². The van der Waals surface area contributed by atoms with Crippen molar-refractivity contribution in [3.8, 4) is 0 Å². The first-order valence-electron chi connectivity index (χ1n) is 7.26. The van der Waals surface area contributed by atoms with E-state index in [1.807, 2.05) is 0 Å². The van der Waals surface area contributed by atoms with Gasteiger partial charge in [-0.1, -0.05) is 6.92 Å². The minimum absolute atomic E-state index is 0.173. The van der Waals surface area contributed by atoms with Gasteiger partial charge >= 0.3 is 0 Å². The van der Waals surface area contributed by atoms with Crippen LogP contribution in [0.2, 0.25) is 0 Å². The number of aliphatic hydroxyl groups excluding tert-OH is 1. The van der Waals surface area contributed by atoms with Crippen LogP contribution < -0.4 is 5.32 Å². The average Bonchev–Trinajstić information content (AvgIpc) is 2.45. The second-order valence-corrected chi connectivity index (χ2v) is 6.16. The summed E-state index contributed by atoms with van der Waals surface area (Å²) in [5, 5.41) is 12.4. The first-order chi connectivity index (χ1) is 9.87. The molecule has 0 aromatic heterocycles. The molecular formula is C16H21F2NO2. The normalized spacial score (nSPS) is 25.7. The zero-order valence-corrected chi connectivity index (χ0v) is 12.4. The molecule has 0 spiro atoms. The molecule has 1 aliphatic rings. The van der Waals surface area contributed by atoms with Crippen molar-refractivity contribution < 1.29 is 18.7 Å². The highest BCUT2D eigenvalue weighted by molar-refractivity contribution is 5.95. The van der Waals surface area contributed by atoms with E-state index in [9.17, 15) is 18.7 Å². The second kappa shape index (κ2) is 6.10. The molecule has 1 amide bonds. The summed E-state index contributed by atoms with van der Waals surface area (Å²) in [6, 6.07) is 1.93. The second-order valence-electron chi connectivity index (χ2n) is 6.16. The summed E-state index contributed by atoms with van der Waals surface area (Å²) in [4.78, 5) is 12.3. The Morgan fingerprint density at radius 3 is 2.52 bits per heavy atom. The van der Waals surface area contributed by atoms with Gasteiger partial charge in [-0.3, -0.25) is 4.79 Å². The maximum atomic E-state index is 13.8. The SMILES string of the molecule is Cc1cc(C(=O)NC2(CO)CCC(C)CC2)c(F)cc1F. The van der Waals surface area contributed by atoms with Crippen LogP contribution in [0.1, 0.15) is 48.5 Å². The Morgan fingerprint density at radius 2 is 1.95 bits per heavy atom. The molecule has 5 heteroatoms. The van der Waals surface area contributed by atoms with Gasteiger partial charge in [-0.2, -0.15) is 0 Å². The van der Waals surface area contributed by atoms with Gasteiger partial charge in [0.25, 0.3) is 5.91 Å². The van der Waals surface area contributed by atoms with Crippen LogP contribution >= 0.6 is 0 Å². The number of aliphatic hydroxyl groups is 1. The van der Waals surface area contributed by atoms with Gasteiger partial charge in [0.2, 0.25) is 0 Å². The number of nitrogens with one attached hydrogen (secondary N) is 1. The number of halogens is 2. The zero-order valence-electron chi connectivity index (χ0n) is 12.4. The third kappa shape index (κ3) is 3.40. The Bertz CT molecular complexity index is 537. The molecular weight excluding hydrogens is 276 g/mol. The van der Waals surface area contributed by atoms with Crippen molar-refractivity contribution in [3.63, 3.8) is 0 Å². The van der Waals surface area contributed by atoms with E-state index in [0.29, 0.717) is 18.8 Å². The van der Waals surface area contributed by atoms with E-state index >= 15 is 0 Å². The number of hydrogen-bond donors (Lipinski definition) is 2. The van der Waals surface area contributed by atoms with Crippen LogP contribution in [0.15, 0.2) is 12.1 Å². The molecule has 2 rings (SSSR count). The van der Waals surface area contributed by atoms with E-state index in [0.717, 1.165) is 18.9 Å². The van der Waals surface area contributed by atoms with Gasteiger partial charge in [0.05, 0.1) is 17.7 Å². The van der Waals surface area contributed by atoms with Crippen molar-refractivity contribution in [2.45, 2.75) is 45.1 Å². The average molecular weight is 297 g/mol. The summed E-state index contributed by atoms with van der Waals surface area (Å²) < 4.78 is 27.0. The van der Waals surface area contributed by atoms with Crippen LogP contribution in [0, 0.1) is 24.5 Å². The first kappa shape index (κ1) is 15.9. The van der Waals surface area contributed by atoms with Crippen LogP contribution in [0.25, 0.3) is 0 Å². The van der Waals surface area contributed by atoms with E-state index in [1.54, 1.807) is 0 Å². The Morgan fingerprint density at radius 1 is 1.33 bits per heavy atom. The maximum Gasteiger partial charge on any atom is 0.254 e. The number of rotatable bonds is 3. The molecule has 1 aliphatic carbocycles. The maximum absolute atomic E-state index is 13.8. The molecule has 0 heterocycles. The Hall–Kier alpha value is -1.49. The lowest BCUT2D eigenvalue weighted by Crippen LogP contribution is -2.53. The van der Waals surface area contributed by atoms with Gasteiger partial charge < -0.3 is 10.4 Å². The summed E-state index contributed by atoms with van der Waals surface area (Å²) in [7, 11) is 0. The quantitative estimate of drug-likeness (QED) is 0.901. The van der Waals surface area contributed by atoms with Crippen molar-refractivity contribution in [3.05, 3.63) is 34.9 Å². The molecule has 1 aromatic rings. The first-order valence-corrected chi connectivity index (χ1v) is 7.26. The van der Waals surface area contributed by atoms with Gasteiger partial charge in [0, 0.05) is 6.07 Å². The fraction of sp³-hybridized carbons (Fsp3) is 0.562. The number of amides is 1. The molecule has 0 unspecified atom stereocenters. The molecule has 3 nitrogen and oxygen atoms in total. The lowest BCUT2D eigenvalue weighted by molar-refractivity contribution is 0.0713. The van der Waals surface area contributed by atoms with Gasteiger partial charge in [0.15, 0.2) is 0 Å². The number of hydrogen-bond acceptors (Lipinski definition) is 2. The van der Waals surface area contributed by atoms with Gasteiger partial charge in [-0.15, -0.1) is 0 Å². The van der Waals surface area contributed by atoms with Crippen molar-refractivity contribution in [1.82, 2.24) is 5.32 Å². The number of aryl methyl sites for hydroxylation is 1. The van der Waals surface area contributed by atoms with E-state index in [2.05, 4.69) is 12.2 Å². The van der Waals surface area contributed by atoms with E-state index < -0.39 is 23.1 Å². The summed E-state index contributed by atoms with van der Waals surface area (Å²) in [6.45, 7) is 3.44. The van der Waals surface area contributed by atoms with Crippen LogP contribution in [-0.4, -0.2) is 23.2 Å². The highest BCUT2D eigenvalue weighted by atomic mass is 19.1. The number of benzene rings is 1. The minimum Gasteiger partial charge on any atom is -0.394 e. The monoisotopic (exact) mass is 297 g/mol. The van der Waals surface area contributed by atoms with Gasteiger partial charge in [0.1, 0.15) is 11.6 Å². The molecule has 0 bridgehead atoms. The van der Waals surface area contributed by atoms with Crippen molar-refractivity contribution >= 4 is 5.91 Å². The minimum atomic E-state index is -0.882. The van der Waals surface area contributed by atoms with Crippen molar-refractivity contribution in [2.75, 3.05) is 6.61 Å². The summed E-state index contributed by atoms with van der Waals surface area (Å²) in [5.41, 5.74) is -0.657. The summed E-state index contributed by atoms with van der Waals surface area (Å²) in [6.07, 6.45) is 3.15. The lowest BCUT2D eigenvalue weighted by atomic mass is 9.77. The largest absolute Gasteiger partial charge is 0.394 e. The molecule has 1 aromatic carbocycles. The van der Waals surface area contributed by atoms with E-state index in [4.69, 9.17) is 0 Å². The van der Waals surface area contributed by atoms with E-state index in [-0.39, 0.29) is 17.7 Å². The van der Waals surface area contributed by atoms with Crippen molar-refractivity contribution in [1.29, 1.82) is 0 Å². The fourth-order valence-electron chi connectivity index (χ4n) is 2.78. The Labute approximate surface area is 123 Å². The predicted octanol–water partition coefficient (Wildman–Crippen LogP) is 2.94. The highest BCUT2D eigenvalue weighted by Gasteiger charge is 2.35. The molecule has 0 radical (unpaired) electrons. The molecule has 0 aliphatic heterocycles. The van der Waals surface area contributed by atoms with Gasteiger partial charge in [-0.05, 0) is 50.2 Å². The lowest BCUT2D eigenvalue weighted by Gasteiger charge is -2.38. The molecule has 0 saturated heterocycles.